The van der Waals surface area contributed by atoms with Crippen molar-refractivity contribution in [1.29, 1.82) is 0 Å². The lowest BCUT2D eigenvalue weighted by Crippen LogP contribution is -2.09. The molecule has 5 nitrogen and oxygen atoms in total. The lowest BCUT2D eigenvalue weighted by molar-refractivity contribution is 0.670. The van der Waals surface area contributed by atoms with Gasteiger partial charge >= 0.3 is 0 Å². The van der Waals surface area contributed by atoms with E-state index in [1.807, 2.05) is 127 Å². The number of rotatable bonds is 7. The molecule has 254 valence electrons. The first-order chi connectivity index (χ1) is 29.3. The summed E-state index contributed by atoms with van der Waals surface area (Å²) in [4.78, 5) is 16.8. The maximum atomic E-state index is 9.89. The van der Waals surface area contributed by atoms with E-state index in [4.69, 9.17) is 24.9 Å². The van der Waals surface area contributed by atoms with Gasteiger partial charge in [0.1, 0.15) is 11.2 Å². The van der Waals surface area contributed by atoms with Crippen LogP contribution in [0.15, 0.2) is 198 Å². The lowest BCUT2D eigenvalue weighted by Gasteiger charge is -2.25. The van der Waals surface area contributed by atoms with E-state index < -0.39 is 12.1 Å². The van der Waals surface area contributed by atoms with Crippen molar-refractivity contribution in [3.05, 3.63) is 194 Å². The van der Waals surface area contributed by atoms with Crippen LogP contribution in [-0.2, 0) is 0 Å². The fourth-order valence-electron chi connectivity index (χ4n) is 6.82. The van der Waals surface area contributed by atoms with Crippen LogP contribution in [0.4, 0.5) is 17.1 Å². The van der Waals surface area contributed by atoms with E-state index in [1.54, 1.807) is 0 Å². The minimum Gasteiger partial charge on any atom is -0.455 e. The topological polar surface area (TPSA) is 55.1 Å². The van der Waals surface area contributed by atoms with Crippen LogP contribution in [0.25, 0.3) is 78.0 Å². The number of fused-ring (bicyclic) bond motifs is 4. The van der Waals surface area contributed by atoms with Crippen LogP contribution in [0.1, 0.15) is 8.22 Å². The maximum absolute atomic E-state index is 9.89. The summed E-state index contributed by atoms with van der Waals surface area (Å²) in [6.45, 7) is 0. The SMILES string of the molecule is [2H]c1c([2H])c([2H])c2c(oc3c(-c4ccc5cc(N(c6ccccc6)c6ccccc6)ccc5c4)c([2H])c(-c4nc(-c5ccccc5)nc(-c5ccccc5)n4)c([2H])c32)c1[2H]. The average molecular weight is 699 g/mol. The first-order valence-corrected chi connectivity index (χ1v) is 17.5. The van der Waals surface area contributed by atoms with E-state index >= 15 is 0 Å². The van der Waals surface area contributed by atoms with E-state index in [0.29, 0.717) is 33.9 Å². The number of aromatic nitrogens is 3. The van der Waals surface area contributed by atoms with Gasteiger partial charge in [-0.2, -0.15) is 0 Å². The zero-order chi connectivity index (χ0) is 41.1. The van der Waals surface area contributed by atoms with E-state index in [2.05, 4.69) is 35.2 Å². The molecule has 0 aliphatic heterocycles. The number of para-hydroxylation sites is 3. The highest BCUT2D eigenvalue weighted by Crippen LogP contribution is 2.41. The highest BCUT2D eigenvalue weighted by atomic mass is 16.3. The second-order valence-corrected chi connectivity index (χ2v) is 12.8. The zero-order valence-electron chi connectivity index (χ0n) is 34.7. The number of hydrogen-bond donors (Lipinski definition) is 0. The van der Waals surface area contributed by atoms with Crippen LogP contribution in [0.2, 0.25) is 0 Å². The number of nitrogens with zero attached hydrogens (tertiary/aromatic N) is 4. The second-order valence-electron chi connectivity index (χ2n) is 12.8. The fraction of sp³-hybridized carbons (Fsp3) is 0. The van der Waals surface area contributed by atoms with Gasteiger partial charge in [0.25, 0.3) is 0 Å². The Kier molecular flexibility index (Phi) is 6.30. The van der Waals surface area contributed by atoms with Crippen LogP contribution >= 0.6 is 0 Å². The van der Waals surface area contributed by atoms with E-state index in [-0.39, 0.29) is 57.5 Å². The molecule has 0 unspecified atom stereocenters. The Morgan fingerprint density at radius 3 is 1.61 bits per heavy atom. The Balaban J connectivity index is 1.23. The van der Waals surface area contributed by atoms with Gasteiger partial charge in [0.05, 0.1) is 8.22 Å². The van der Waals surface area contributed by atoms with Gasteiger partial charge in [-0.1, -0.05) is 133 Å². The molecule has 0 aliphatic carbocycles. The molecule has 0 spiro atoms. The summed E-state index contributed by atoms with van der Waals surface area (Å²) in [6.07, 6.45) is 0. The van der Waals surface area contributed by atoms with Crippen molar-refractivity contribution in [2.75, 3.05) is 4.90 Å². The summed E-state index contributed by atoms with van der Waals surface area (Å²) >= 11 is 0. The molecule has 0 fully saturated rings. The van der Waals surface area contributed by atoms with Crippen molar-refractivity contribution in [2.24, 2.45) is 0 Å². The molecule has 5 heteroatoms. The minimum atomic E-state index is -0.454. The first-order valence-electron chi connectivity index (χ1n) is 20.5. The smallest absolute Gasteiger partial charge is 0.164 e. The molecule has 2 aromatic heterocycles. The third kappa shape index (κ3) is 5.74. The summed E-state index contributed by atoms with van der Waals surface area (Å²) in [6, 6.07) is 49.2. The van der Waals surface area contributed by atoms with Gasteiger partial charge in [-0.15, -0.1) is 0 Å². The minimum absolute atomic E-state index is 0.0523. The highest BCUT2D eigenvalue weighted by molar-refractivity contribution is 6.11. The molecule has 0 saturated heterocycles. The van der Waals surface area contributed by atoms with Crippen LogP contribution in [-0.4, -0.2) is 15.0 Å². The third-order valence-corrected chi connectivity index (χ3v) is 9.38. The lowest BCUT2D eigenvalue weighted by atomic mass is 9.96. The second kappa shape index (κ2) is 13.3. The molecule has 10 aromatic rings. The summed E-state index contributed by atoms with van der Waals surface area (Å²) < 4.78 is 60.7. The van der Waals surface area contributed by atoms with Gasteiger partial charge in [-0.3, -0.25) is 0 Å². The predicted octanol–water partition coefficient (Wildman–Crippen LogP) is 13.1. The number of furan rings is 1. The molecule has 0 saturated carbocycles. The van der Waals surface area contributed by atoms with E-state index in [9.17, 15) is 2.74 Å². The standard InChI is InChI=1S/C49H32N4O/c1-5-15-33(16-6-1)47-50-48(34-17-7-2-8-18-34)52-49(51-47)38-31-43(46-44(32-38)42-23-13-14-24-45(42)54-46)37-26-25-36-30-41(28-27-35(36)29-37)53(39-19-9-3-10-20-39)40-21-11-4-12-22-40/h1-32H/i13D,14D,23D,24D,31D,32D. The Morgan fingerprint density at radius 2 is 0.981 bits per heavy atom. The summed E-state index contributed by atoms with van der Waals surface area (Å²) in [5.41, 5.74) is 5.36. The van der Waals surface area contributed by atoms with Gasteiger partial charge in [0, 0.05) is 50.1 Å². The van der Waals surface area contributed by atoms with Gasteiger partial charge in [-0.25, -0.2) is 15.0 Å². The Hall–Kier alpha value is -7.37. The van der Waals surface area contributed by atoms with Crippen molar-refractivity contribution < 1.29 is 12.6 Å². The Bertz CT molecular complexity index is 3180. The van der Waals surface area contributed by atoms with Crippen molar-refractivity contribution in [1.82, 2.24) is 15.0 Å². The molecule has 0 atom stereocenters. The molecule has 0 bridgehead atoms. The highest BCUT2D eigenvalue weighted by Gasteiger charge is 2.19. The molecule has 0 amide bonds. The van der Waals surface area contributed by atoms with Crippen LogP contribution in [0.5, 0.6) is 0 Å². The predicted molar refractivity (Wildman–Crippen MR) is 221 cm³/mol. The van der Waals surface area contributed by atoms with Gasteiger partial charge < -0.3 is 9.32 Å². The molecular formula is C49H32N4O. The van der Waals surface area contributed by atoms with Crippen molar-refractivity contribution in [3.63, 3.8) is 0 Å². The maximum Gasteiger partial charge on any atom is 0.164 e. The largest absolute Gasteiger partial charge is 0.455 e. The molecule has 0 radical (unpaired) electrons. The summed E-state index contributed by atoms with van der Waals surface area (Å²) in [7, 11) is 0. The quantitative estimate of drug-likeness (QED) is 0.166. The third-order valence-electron chi connectivity index (χ3n) is 9.38. The van der Waals surface area contributed by atoms with E-state index in [0.717, 1.165) is 27.8 Å². The normalized spacial score (nSPS) is 12.9. The Labute approximate surface area is 320 Å². The molecule has 10 rings (SSSR count). The van der Waals surface area contributed by atoms with Gasteiger partial charge in [-0.05, 0) is 76.9 Å². The molecule has 0 N–H and O–H groups in total. The molecule has 2 heterocycles. The van der Waals surface area contributed by atoms with Crippen molar-refractivity contribution in [3.8, 4) is 45.3 Å². The van der Waals surface area contributed by atoms with Crippen molar-refractivity contribution >= 4 is 49.8 Å². The first kappa shape index (κ1) is 25.6. The number of anilines is 3. The molecule has 54 heavy (non-hydrogen) atoms. The van der Waals surface area contributed by atoms with Gasteiger partial charge in [0.2, 0.25) is 0 Å². The zero-order valence-corrected chi connectivity index (χ0v) is 28.7. The van der Waals surface area contributed by atoms with Crippen LogP contribution in [0, 0.1) is 0 Å². The Morgan fingerprint density at radius 1 is 0.444 bits per heavy atom. The summed E-state index contributed by atoms with van der Waals surface area (Å²) in [5, 5.41) is 2.00. The molecule has 8 aromatic carbocycles. The monoisotopic (exact) mass is 698 g/mol. The number of hydrogen-bond acceptors (Lipinski definition) is 5. The fourth-order valence-corrected chi connectivity index (χ4v) is 6.82. The van der Waals surface area contributed by atoms with Crippen molar-refractivity contribution in [2.45, 2.75) is 0 Å². The summed E-state index contributed by atoms with van der Waals surface area (Å²) in [5.74, 6) is 0.768. The van der Waals surface area contributed by atoms with Gasteiger partial charge in [0.15, 0.2) is 17.5 Å². The van der Waals surface area contributed by atoms with Crippen LogP contribution < -0.4 is 4.90 Å². The van der Waals surface area contributed by atoms with Crippen LogP contribution in [0.3, 0.4) is 0 Å². The van der Waals surface area contributed by atoms with E-state index in [1.165, 1.54) is 0 Å². The molecular weight excluding hydrogens is 661 g/mol. The number of benzene rings is 8. The average Bonchev–Trinajstić information content (AvgIpc) is 3.70. The molecule has 0 aliphatic rings.